The van der Waals surface area contributed by atoms with Crippen molar-refractivity contribution in [3.8, 4) is 0 Å². The van der Waals surface area contributed by atoms with E-state index in [1.54, 1.807) is 0 Å². The minimum absolute atomic E-state index is 0.1000. The number of benzene rings is 1. The molecule has 0 unspecified atom stereocenters. The lowest BCUT2D eigenvalue weighted by Crippen LogP contribution is -2.45. The van der Waals surface area contributed by atoms with Crippen LogP contribution in [0.5, 0.6) is 0 Å². The second kappa shape index (κ2) is 6.72. The van der Waals surface area contributed by atoms with Crippen molar-refractivity contribution in [1.29, 1.82) is 0 Å². The zero-order chi connectivity index (χ0) is 15.5. The average molecular weight is 306 g/mol. The molecule has 1 aliphatic heterocycles. The molecule has 1 fully saturated rings. The maximum atomic E-state index is 13.7. The maximum Gasteiger partial charge on any atom is 0.419 e. The van der Waals surface area contributed by atoms with Gasteiger partial charge in [-0.1, -0.05) is 6.07 Å². The molecule has 2 N–H and O–H groups in total. The van der Waals surface area contributed by atoms with Gasteiger partial charge in [0.1, 0.15) is 5.82 Å². The van der Waals surface area contributed by atoms with Crippen LogP contribution in [0.2, 0.25) is 0 Å². The second-order valence-electron chi connectivity index (χ2n) is 5.05. The zero-order valence-electron chi connectivity index (χ0n) is 11.5. The second-order valence-corrected chi connectivity index (χ2v) is 5.05. The van der Waals surface area contributed by atoms with Crippen molar-refractivity contribution < 1.29 is 22.7 Å². The molecular formula is C14H18F4N2O. The van der Waals surface area contributed by atoms with Crippen LogP contribution < -0.4 is 5.32 Å². The van der Waals surface area contributed by atoms with Crippen LogP contribution in [-0.2, 0) is 6.18 Å². The molecule has 1 aromatic carbocycles. The molecule has 0 amide bonds. The first-order valence-electron chi connectivity index (χ1n) is 6.85. The van der Waals surface area contributed by atoms with Crippen LogP contribution >= 0.6 is 0 Å². The molecule has 21 heavy (non-hydrogen) atoms. The van der Waals surface area contributed by atoms with E-state index in [1.807, 2.05) is 0 Å². The molecule has 7 heteroatoms. The Bertz CT molecular complexity index is 473. The summed E-state index contributed by atoms with van der Waals surface area (Å²) in [6.07, 6.45) is -4.32. The van der Waals surface area contributed by atoms with E-state index in [0.717, 1.165) is 25.2 Å². The lowest BCUT2D eigenvalue weighted by Gasteiger charge is -2.35. The molecular weight excluding hydrogens is 288 g/mol. The third-order valence-electron chi connectivity index (χ3n) is 3.68. The van der Waals surface area contributed by atoms with Gasteiger partial charge in [-0.05, 0) is 24.1 Å². The minimum atomic E-state index is -4.69. The summed E-state index contributed by atoms with van der Waals surface area (Å²) in [7, 11) is 0. The van der Waals surface area contributed by atoms with E-state index in [-0.39, 0.29) is 12.6 Å². The van der Waals surface area contributed by atoms with Crippen LogP contribution in [0.25, 0.3) is 0 Å². The van der Waals surface area contributed by atoms with Gasteiger partial charge in [0.15, 0.2) is 0 Å². The smallest absolute Gasteiger partial charge is 0.396 e. The van der Waals surface area contributed by atoms with Crippen molar-refractivity contribution in [3.05, 3.63) is 35.1 Å². The molecule has 0 saturated carbocycles. The van der Waals surface area contributed by atoms with E-state index >= 15 is 0 Å². The van der Waals surface area contributed by atoms with Crippen molar-refractivity contribution in [2.75, 3.05) is 32.8 Å². The average Bonchev–Trinajstić information content (AvgIpc) is 2.44. The monoisotopic (exact) mass is 306 g/mol. The molecule has 0 aromatic heterocycles. The predicted molar refractivity (Wildman–Crippen MR) is 70.3 cm³/mol. The fourth-order valence-corrected chi connectivity index (χ4v) is 2.64. The van der Waals surface area contributed by atoms with Crippen LogP contribution in [0.1, 0.15) is 23.6 Å². The Kier molecular flexibility index (Phi) is 5.18. The summed E-state index contributed by atoms with van der Waals surface area (Å²) >= 11 is 0. The van der Waals surface area contributed by atoms with Crippen LogP contribution in [0.15, 0.2) is 18.2 Å². The first-order chi connectivity index (χ1) is 9.93. The van der Waals surface area contributed by atoms with Gasteiger partial charge < -0.3 is 10.4 Å². The summed E-state index contributed by atoms with van der Waals surface area (Å²) < 4.78 is 51.5. The number of hydrogen-bond acceptors (Lipinski definition) is 3. The van der Waals surface area contributed by atoms with Gasteiger partial charge in [-0.2, -0.15) is 13.2 Å². The van der Waals surface area contributed by atoms with Gasteiger partial charge in [0.25, 0.3) is 0 Å². The SMILES string of the molecule is OCC[C@@H](c1ccc(C(F)(F)F)c(F)c1)N1CCNCC1. The van der Waals surface area contributed by atoms with Crippen molar-refractivity contribution in [3.63, 3.8) is 0 Å². The number of rotatable bonds is 4. The Labute approximate surface area is 120 Å². The molecule has 3 nitrogen and oxygen atoms in total. The Morgan fingerprint density at radius 3 is 2.43 bits per heavy atom. The van der Waals surface area contributed by atoms with Gasteiger partial charge >= 0.3 is 6.18 Å². The van der Waals surface area contributed by atoms with Crippen LogP contribution in [-0.4, -0.2) is 42.8 Å². The summed E-state index contributed by atoms with van der Waals surface area (Å²) in [6.45, 7) is 2.87. The number of alkyl halides is 3. The quantitative estimate of drug-likeness (QED) is 0.837. The first-order valence-corrected chi connectivity index (χ1v) is 6.85. The highest BCUT2D eigenvalue weighted by Gasteiger charge is 2.34. The number of piperazine rings is 1. The number of nitrogens with one attached hydrogen (secondary N) is 1. The van der Waals surface area contributed by atoms with Crippen LogP contribution in [0.3, 0.4) is 0 Å². The molecule has 0 aliphatic carbocycles. The molecule has 2 rings (SSSR count). The highest BCUT2D eigenvalue weighted by atomic mass is 19.4. The summed E-state index contributed by atoms with van der Waals surface area (Å²) in [5.41, 5.74) is -0.786. The van der Waals surface area contributed by atoms with Crippen molar-refractivity contribution in [2.24, 2.45) is 0 Å². The van der Waals surface area contributed by atoms with Gasteiger partial charge in [-0.25, -0.2) is 4.39 Å². The van der Waals surface area contributed by atoms with E-state index in [1.165, 1.54) is 6.07 Å². The third kappa shape index (κ3) is 3.93. The number of aliphatic hydroxyl groups is 1. The highest BCUT2D eigenvalue weighted by Crippen LogP contribution is 2.34. The van der Waals surface area contributed by atoms with Crippen molar-refractivity contribution >= 4 is 0 Å². The van der Waals surface area contributed by atoms with Gasteiger partial charge in [-0.3, -0.25) is 4.90 Å². The summed E-state index contributed by atoms with van der Waals surface area (Å²) in [5.74, 6) is -1.27. The normalized spacial score (nSPS) is 18.7. The molecule has 1 saturated heterocycles. The molecule has 118 valence electrons. The molecule has 1 aromatic rings. The summed E-state index contributed by atoms with van der Waals surface area (Å²) in [6, 6.07) is 2.74. The zero-order valence-corrected chi connectivity index (χ0v) is 11.5. The maximum absolute atomic E-state index is 13.7. The van der Waals surface area contributed by atoms with Crippen molar-refractivity contribution in [2.45, 2.75) is 18.6 Å². The molecule has 0 spiro atoms. The van der Waals surface area contributed by atoms with Crippen LogP contribution in [0.4, 0.5) is 17.6 Å². The van der Waals surface area contributed by atoms with E-state index < -0.39 is 17.6 Å². The molecule has 0 bridgehead atoms. The van der Waals surface area contributed by atoms with Gasteiger partial charge in [0.05, 0.1) is 5.56 Å². The fourth-order valence-electron chi connectivity index (χ4n) is 2.64. The topological polar surface area (TPSA) is 35.5 Å². The Hall–Kier alpha value is -1.18. The van der Waals surface area contributed by atoms with E-state index in [9.17, 15) is 17.6 Å². The number of nitrogens with zero attached hydrogens (tertiary/aromatic N) is 1. The predicted octanol–water partition coefficient (Wildman–Crippen LogP) is 2.17. The lowest BCUT2D eigenvalue weighted by molar-refractivity contribution is -0.140. The Morgan fingerprint density at radius 2 is 1.90 bits per heavy atom. The fraction of sp³-hybridized carbons (Fsp3) is 0.571. The summed E-state index contributed by atoms with van der Waals surface area (Å²) in [4.78, 5) is 2.05. The first kappa shape index (κ1) is 16.2. The molecule has 1 heterocycles. The summed E-state index contributed by atoms with van der Waals surface area (Å²) in [5, 5.41) is 12.3. The van der Waals surface area contributed by atoms with E-state index in [2.05, 4.69) is 10.2 Å². The number of aliphatic hydroxyl groups excluding tert-OH is 1. The molecule has 1 aliphatic rings. The number of halogens is 4. The third-order valence-corrected chi connectivity index (χ3v) is 3.68. The molecule has 1 atom stereocenters. The van der Waals surface area contributed by atoms with Gasteiger partial charge in [0, 0.05) is 38.8 Å². The standard InChI is InChI=1S/C14H18F4N2O/c15-12-9-10(1-2-11(12)14(16,17)18)13(3-8-21)20-6-4-19-5-7-20/h1-2,9,13,19,21H,3-8H2/t13-/m0/s1. The Balaban J connectivity index is 2.26. The lowest BCUT2D eigenvalue weighted by atomic mass is 9.99. The van der Waals surface area contributed by atoms with E-state index in [0.29, 0.717) is 25.1 Å². The van der Waals surface area contributed by atoms with E-state index in [4.69, 9.17) is 5.11 Å². The van der Waals surface area contributed by atoms with Crippen molar-refractivity contribution in [1.82, 2.24) is 10.2 Å². The minimum Gasteiger partial charge on any atom is -0.396 e. The Morgan fingerprint density at radius 1 is 1.24 bits per heavy atom. The molecule has 0 radical (unpaired) electrons. The van der Waals surface area contributed by atoms with Crippen LogP contribution in [0, 0.1) is 5.82 Å². The highest BCUT2D eigenvalue weighted by molar-refractivity contribution is 5.28. The number of hydrogen-bond donors (Lipinski definition) is 2. The van der Waals surface area contributed by atoms with Gasteiger partial charge in [0.2, 0.25) is 0 Å². The van der Waals surface area contributed by atoms with Gasteiger partial charge in [-0.15, -0.1) is 0 Å². The largest absolute Gasteiger partial charge is 0.419 e.